The van der Waals surface area contributed by atoms with Crippen molar-refractivity contribution in [3.63, 3.8) is 0 Å². The molecule has 1 aliphatic rings. The van der Waals surface area contributed by atoms with E-state index < -0.39 is 0 Å². The number of nitrogens with zero attached hydrogens (tertiary/aromatic N) is 1. The minimum absolute atomic E-state index is 0.203. The van der Waals surface area contributed by atoms with Crippen LogP contribution < -0.4 is 5.32 Å². The van der Waals surface area contributed by atoms with Crippen LogP contribution in [-0.4, -0.2) is 11.0 Å². The van der Waals surface area contributed by atoms with E-state index in [1.165, 1.54) is 38.5 Å². The van der Waals surface area contributed by atoms with E-state index in [0.717, 1.165) is 17.2 Å². The Balaban J connectivity index is 1.98. The molecule has 4 nitrogen and oxygen atoms in total. The zero-order valence-electron chi connectivity index (χ0n) is 12.4. The minimum Gasteiger partial charge on any atom is -0.382 e. The summed E-state index contributed by atoms with van der Waals surface area (Å²) < 4.78 is 0. The van der Waals surface area contributed by atoms with E-state index in [2.05, 4.69) is 12.2 Å². The lowest BCUT2D eigenvalue weighted by Crippen LogP contribution is -2.26. The zero-order chi connectivity index (χ0) is 14.5. The Morgan fingerprint density at radius 3 is 2.60 bits per heavy atom. The number of nitro benzene ring substituents is 1. The van der Waals surface area contributed by atoms with E-state index in [0.29, 0.717) is 6.04 Å². The maximum Gasteiger partial charge on any atom is 0.274 e. The second-order valence-corrected chi connectivity index (χ2v) is 5.86. The SMILES string of the molecule is CCCC1CCC(Nc2cccc([N+](=O)[O-])c2C)CC1. The molecule has 0 atom stereocenters. The number of anilines is 1. The van der Waals surface area contributed by atoms with Crippen LogP contribution in [0.15, 0.2) is 18.2 Å². The maximum absolute atomic E-state index is 11.0. The van der Waals surface area contributed by atoms with Gasteiger partial charge in [-0.2, -0.15) is 0 Å². The van der Waals surface area contributed by atoms with Gasteiger partial charge in [0.2, 0.25) is 0 Å². The van der Waals surface area contributed by atoms with Gasteiger partial charge in [0.05, 0.1) is 4.92 Å². The summed E-state index contributed by atoms with van der Waals surface area (Å²) in [5, 5.41) is 14.5. The third kappa shape index (κ3) is 3.50. The molecular formula is C16H24N2O2. The van der Waals surface area contributed by atoms with Gasteiger partial charge in [0.1, 0.15) is 0 Å². The van der Waals surface area contributed by atoms with E-state index in [9.17, 15) is 10.1 Å². The van der Waals surface area contributed by atoms with Crippen LogP contribution in [-0.2, 0) is 0 Å². The fourth-order valence-electron chi connectivity index (χ4n) is 3.20. The molecule has 0 saturated heterocycles. The number of benzene rings is 1. The summed E-state index contributed by atoms with van der Waals surface area (Å²) in [7, 11) is 0. The van der Waals surface area contributed by atoms with Crippen molar-refractivity contribution in [2.45, 2.75) is 58.4 Å². The van der Waals surface area contributed by atoms with Crippen molar-refractivity contribution in [3.8, 4) is 0 Å². The van der Waals surface area contributed by atoms with Crippen LogP contribution >= 0.6 is 0 Å². The highest BCUT2D eigenvalue weighted by Gasteiger charge is 2.22. The second-order valence-electron chi connectivity index (χ2n) is 5.86. The van der Waals surface area contributed by atoms with Gasteiger partial charge in [-0.05, 0) is 44.6 Å². The van der Waals surface area contributed by atoms with Gasteiger partial charge in [-0.15, -0.1) is 0 Å². The summed E-state index contributed by atoms with van der Waals surface area (Å²) in [6.45, 7) is 4.07. The number of rotatable bonds is 5. The Labute approximate surface area is 120 Å². The van der Waals surface area contributed by atoms with Gasteiger partial charge in [0.15, 0.2) is 0 Å². The Kier molecular flexibility index (Phi) is 4.99. The van der Waals surface area contributed by atoms with Gasteiger partial charge < -0.3 is 5.32 Å². The average Bonchev–Trinajstić information content (AvgIpc) is 2.43. The van der Waals surface area contributed by atoms with E-state index in [4.69, 9.17) is 0 Å². The summed E-state index contributed by atoms with van der Waals surface area (Å²) in [5.74, 6) is 0.879. The van der Waals surface area contributed by atoms with Gasteiger partial charge in [-0.1, -0.05) is 25.8 Å². The van der Waals surface area contributed by atoms with Crippen LogP contribution in [0.2, 0.25) is 0 Å². The lowest BCUT2D eigenvalue weighted by molar-refractivity contribution is -0.385. The molecule has 1 saturated carbocycles. The van der Waals surface area contributed by atoms with Gasteiger partial charge in [0, 0.05) is 23.4 Å². The standard InChI is InChI=1S/C16H24N2O2/c1-3-5-13-8-10-14(11-9-13)17-15-6-4-7-16(12(15)2)18(19)20/h4,6-7,13-14,17H,3,5,8-11H2,1-2H3. The van der Waals surface area contributed by atoms with Crippen molar-refractivity contribution >= 4 is 11.4 Å². The molecule has 0 spiro atoms. The molecule has 4 heteroatoms. The molecule has 1 aliphatic carbocycles. The molecule has 0 unspecified atom stereocenters. The minimum atomic E-state index is -0.307. The molecule has 1 aromatic rings. The fraction of sp³-hybridized carbons (Fsp3) is 0.625. The Morgan fingerprint density at radius 2 is 2.00 bits per heavy atom. The van der Waals surface area contributed by atoms with E-state index in [1.807, 2.05) is 13.0 Å². The Morgan fingerprint density at radius 1 is 1.30 bits per heavy atom. The first-order valence-corrected chi connectivity index (χ1v) is 7.62. The fourth-order valence-corrected chi connectivity index (χ4v) is 3.20. The van der Waals surface area contributed by atoms with E-state index in [1.54, 1.807) is 12.1 Å². The third-order valence-electron chi connectivity index (χ3n) is 4.41. The van der Waals surface area contributed by atoms with Gasteiger partial charge >= 0.3 is 0 Å². The normalized spacial score (nSPS) is 22.5. The molecule has 20 heavy (non-hydrogen) atoms. The quantitative estimate of drug-likeness (QED) is 0.628. The summed E-state index contributed by atoms with van der Waals surface area (Å²) in [5.41, 5.74) is 1.86. The zero-order valence-corrected chi connectivity index (χ0v) is 12.4. The highest BCUT2D eigenvalue weighted by Crippen LogP contribution is 2.31. The third-order valence-corrected chi connectivity index (χ3v) is 4.41. The van der Waals surface area contributed by atoms with Crippen LogP contribution in [0.3, 0.4) is 0 Å². The number of nitrogens with one attached hydrogen (secondary N) is 1. The van der Waals surface area contributed by atoms with Gasteiger partial charge in [0.25, 0.3) is 5.69 Å². The lowest BCUT2D eigenvalue weighted by atomic mass is 9.83. The first-order chi connectivity index (χ1) is 9.61. The van der Waals surface area contributed by atoms with Crippen molar-refractivity contribution < 1.29 is 4.92 Å². The second kappa shape index (κ2) is 6.73. The van der Waals surface area contributed by atoms with Crippen LogP contribution in [0.1, 0.15) is 51.0 Å². The predicted octanol–water partition coefficient (Wildman–Crippen LogP) is 4.67. The molecule has 0 radical (unpaired) electrons. The lowest BCUT2D eigenvalue weighted by Gasteiger charge is -2.30. The Bertz CT molecular complexity index is 466. The number of hydrogen-bond donors (Lipinski definition) is 1. The molecule has 0 aliphatic heterocycles. The summed E-state index contributed by atoms with van der Waals surface area (Å²) in [4.78, 5) is 10.7. The summed E-state index contributed by atoms with van der Waals surface area (Å²) in [6, 6.07) is 5.73. The van der Waals surface area contributed by atoms with Crippen molar-refractivity contribution in [2.24, 2.45) is 5.92 Å². The van der Waals surface area contributed by atoms with E-state index in [-0.39, 0.29) is 10.6 Å². The van der Waals surface area contributed by atoms with E-state index >= 15 is 0 Å². The molecule has 0 aromatic heterocycles. The number of hydrogen-bond acceptors (Lipinski definition) is 3. The maximum atomic E-state index is 11.0. The monoisotopic (exact) mass is 276 g/mol. The highest BCUT2D eigenvalue weighted by atomic mass is 16.6. The molecule has 0 heterocycles. The smallest absolute Gasteiger partial charge is 0.274 e. The summed E-state index contributed by atoms with van der Waals surface area (Å²) in [6.07, 6.45) is 7.51. The summed E-state index contributed by atoms with van der Waals surface area (Å²) >= 11 is 0. The molecular weight excluding hydrogens is 252 g/mol. The van der Waals surface area contributed by atoms with Crippen molar-refractivity contribution in [2.75, 3.05) is 5.32 Å². The van der Waals surface area contributed by atoms with Crippen LogP contribution in [0.4, 0.5) is 11.4 Å². The largest absolute Gasteiger partial charge is 0.382 e. The van der Waals surface area contributed by atoms with Crippen molar-refractivity contribution in [3.05, 3.63) is 33.9 Å². The van der Waals surface area contributed by atoms with Crippen molar-refractivity contribution in [1.82, 2.24) is 0 Å². The van der Waals surface area contributed by atoms with Crippen LogP contribution in [0.5, 0.6) is 0 Å². The van der Waals surface area contributed by atoms with Crippen LogP contribution in [0.25, 0.3) is 0 Å². The van der Waals surface area contributed by atoms with Gasteiger partial charge in [-0.3, -0.25) is 10.1 Å². The predicted molar refractivity (Wildman–Crippen MR) is 82.1 cm³/mol. The molecule has 1 aromatic carbocycles. The van der Waals surface area contributed by atoms with Crippen LogP contribution in [0, 0.1) is 23.0 Å². The number of nitro groups is 1. The first-order valence-electron chi connectivity index (χ1n) is 7.62. The molecule has 1 fully saturated rings. The van der Waals surface area contributed by atoms with Gasteiger partial charge in [-0.25, -0.2) is 0 Å². The van der Waals surface area contributed by atoms with Crippen molar-refractivity contribution in [1.29, 1.82) is 0 Å². The first kappa shape index (κ1) is 14.8. The molecule has 2 rings (SSSR count). The molecule has 1 N–H and O–H groups in total. The molecule has 0 amide bonds. The molecule has 0 bridgehead atoms. The average molecular weight is 276 g/mol. The Hall–Kier alpha value is -1.58. The topological polar surface area (TPSA) is 55.2 Å². The molecule has 110 valence electrons. The highest BCUT2D eigenvalue weighted by molar-refractivity contribution is 5.60.